The fourth-order valence-corrected chi connectivity index (χ4v) is 0.730. The van der Waals surface area contributed by atoms with E-state index in [4.69, 9.17) is 0 Å². The summed E-state index contributed by atoms with van der Waals surface area (Å²) < 4.78 is 0. The monoisotopic (exact) mass is 204 g/mol. The number of isocyanates is 2. The molecule has 0 radical (unpaired) electrons. The first-order valence-electron chi connectivity index (χ1n) is 4.31. The van der Waals surface area contributed by atoms with Crippen LogP contribution in [0, 0.1) is 13.8 Å². The quantitative estimate of drug-likeness (QED) is 0.545. The Morgan fingerprint density at radius 1 is 0.933 bits per heavy atom. The highest BCUT2D eigenvalue weighted by atomic mass is 16.1. The molecule has 0 amide bonds. The smallest absolute Gasteiger partial charge is 0.211 e. The molecule has 0 aromatic heterocycles. The van der Waals surface area contributed by atoms with Crippen molar-refractivity contribution in [2.24, 2.45) is 9.98 Å². The molecule has 0 fully saturated rings. The fraction of sp³-hybridized carbons (Fsp3) is 0.273. The van der Waals surface area contributed by atoms with Crippen molar-refractivity contribution in [1.29, 1.82) is 0 Å². The predicted octanol–water partition coefficient (Wildman–Crippen LogP) is 1.92. The van der Waals surface area contributed by atoms with Crippen LogP contribution in [0.3, 0.4) is 0 Å². The molecule has 0 unspecified atom stereocenters. The molecule has 0 saturated carbocycles. The van der Waals surface area contributed by atoms with Crippen molar-refractivity contribution < 1.29 is 9.59 Å². The van der Waals surface area contributed by atoms with Crippen molar-refractivity contribution in [2.75, 3.05) is 6.67 Å². The van der Waals surface area contributed by atoms with Crippen LogP contribution >= 0.6 is 0 Å². The number of hydrogen-bond donors (Lipinski definition) is 0. The molecule has 4 heteroatoms. The van der Waals surface area contributed by atoms with Gasteiger partial charge in [0.1, 0.15) is 0 Å². The van der Waals surface area contributed by atoms with Gasteiger partial charge >= 0.3 is 0 Å². The van der Waals surface area contributed by atoms with Gasteiger partial charge in [0.15, 0.2) is 6.67 Å². The van der Waals surface area contributed by atoms with Crippen molar-refractivity contribution >= 4 is 12.2 Å². The topological polar surface area (TPSA) is 58.9 Å². The number of benzene rings is 1. The van der Waals surface area contributed by atoms with E-state index >= 15 is 0 Å². The lowest BCUT2D eigenvalue weighted by atomic mass is 10.2. The van der Waals surface area contributed by atoms with E-state index in [1.807, 2.05) is 0 Å². The summed E-state index contributed by atoms with van der Waals surface area (Å²) in [6.07, 6.45) is 2.41. The minimum atomic E-state index is -0.160. The van der Waals surface area contributed by atoms with Crippen LogP contribution in [0.1, 0.15) is 11.1 Å². The molecule has 0 atom stereocenters. The third-order valence-corrected chi connectivity index (χ3v) is 1.49. The van der Waals surface area contributed by atoms with E-state index in [-0.39, 0.29) is 6.67 Å². The number of hydrogen-bond acceptors (Lipinski definition) is 4. The second-order valence-electron chi connectivity index (χ2n) is 2.79. The third-order valence-electron chi connectivity index (χ3n) is 1.49. The summed E-state index contributed by atoms with van der Waals surface area (Å²) in [6, 6.07) is 8.48. The van der Waals surface area contributed by atoms with Gasteiger partial charge < -0.3 is 0 Å². The third kappa shape index (κ3) is 8.31. The highest BCUT2D eigenvalue weighted by molar-refractivity contribution is 5.35. The average molecular weight is 204 g/mol. The molecule has 0 aliphatic rings. The van der Waals surface area contributed by atoms with E-state index in [2.05, 4.69) is 48.1 Å². The minimum absolute atomic E-state index is 0.160. The van der Waals surface area contributed by atoms with E-state index in [0.717, 1.165) is 0 Å². The summed E-state index contributed by atoms with van der Waals surface area (Å²) in [5.41, 5.74) is 2.66. The normalized spacial score (nSPS) is 7.60. The Morgan fingerprint density at radius 2 is 1.27 bits per heavy atom. The molecule has 4 nitrogen and oxygen atoms in total. The molecule has 0 spiro atoms. The van der Waals surface area contributed by atoms with E-state index in [9.17, 15) is 9.59 Å². The van der Waals surface area contributed by atoms with Crippen molar-refractivity contribution in [2.45, 2.75) is 13.8 Å². The van der Waals surface area contributed by atoms with Gasteiger partial charge in [-0.1, -0.05) is 35.4 Å². The second kappa shape index (κ2) is 8.57. The van der Waals surface area contributed by atoms with Gasteiger partial charge in [0.05, 0.1) is 0 Å². The zero-order valence-corrected chi connectivity index (χ0v) is 8.73. The van der Waals surface area contributed by atoms with Crippen LogP contribution in [-0.2, 0) is 9.59 Å². The van der Waals surface area contributed by atoms with Crippen LogP contribution in [-0.4, -0.2) is 18.8 Å². The van der Waals surface area contributed by atoms with Gasteiger partial charge in [0.25, 0.3) is 0 Å². The Balaban J connectivity index is 0.000000265. The molecule has 78 valence electrons. The minimum Gasteiger partial charge on any atom is -0.211 e. The van der Waals surface area contributed by atoms with Gasteiger partial charge in [0, 0.05) is 0 Å². The molecule has 0 heterocycles. The van der Waals surface area contributed by atoms with Gasteiger partial charge in [-0.25, -0.2) is 9.59 Å². The van der Waals surface area contributed by atoms with E-state index in [0.29, 0.717) is 0 Å². The summed E-state index contributed by atoms with van der Waals surface area (Å²) in [6.45, 7) is 4.03. The molecular formula is C11H12N2O2. The van der Waals surface area contributed by atoms with Gasteiger partial charge in [0.2, 0.25) is 12.2 Å². The number of nitrogens with zero attached hydrogens (tertiary/aromatic N) is 2. The summed E-state index contributed by atoms with van der Waals surface area (Å²) >= 11 is 0. The lowest BCUT2D eigenvalue weighted by Crippen LogP contribution is -1.70. The van der Waals surface area contributed by atoms with Gasteiger partial charge in [-0.2, -0.15) is 9.98 Å². The standard InChI is InChI=1S/C8H10.C3H2N2O2/c1-7-3-5-8(2)6-4-7;6-2-4-1-5-3-7/h3-6H,1-2H3;1H2. The highest BCUT2D eigenvalue weighted by Gasteiger charge is 1.79. The number of carbonyl (C=O) groups excluding carboxylic acids is 2. The van der Waals surface area contributed by atoms with Gasteiger partial charge in [-0.05, 0) is 13.8 Å². The van der Waals surface area contributed by atoms with Gasteiger partial charge in [-0.15, -0.1) is 0 Å². The summed E-state index contributed by atoms with van der Waals surface area (Å²) in [4.78, 5) is 24.2. The van der Waals surface area contributed by atoms with Crippen LogP contribution < -0.4 is 0 Å². The molecule has 15 heavy (non-hydrogen) atoms. The molecule has 1 aromatic rings. The Morgan fingerprint density at radius 3 is 1.53 bits per heavy atom. The van der Waals surface area contributed by atoms with Crippen LogP contribution in [0.2, 0.25) is 0 Å². The maximum atomic E-state index is 9.20. The molecule has 1 rings (SSSR count). The first kappa shape index (κ1) is 13.0. The number of aryl methyl sites for hydroxylation is 2. The van der Waals surface area contributed by atoms with Crippen molar-refractivity contribution in [3.63, 3.8) is 0 Å². The maximum Gasteiger partial charge on any atom is 0.236 e. The molecule has 1 aromatic carbocycles. The van der Waals surface area contributed by atoms with Crippen LogP contribution in [0.15, 0.2) is 34.3 Å². The summed E-state index contributed by atoms with van der Waals surface area (Å²) in [5, 5.41) is 0. The molecule has 0 saturated heterocycles. The first-order chi connectivity index (χ1) is 7.20. The molecule has 0 bridgehead atoms. The Labute approximate surface area is 88.4 Å². The Bertz CT molecular complexity index is 335. The van der Waals surface area contributed by atoms with E-state index in [1.54, 1.807) is 0 Å². The fourth-order valence-electron chi connectivity index (χ4n) is 0.730. The molecule has 0 aliphatic heterocycles. The lowest BCUT2D eigenvalue weighted by molar-refractivity contribution is 0.560. The Hall–Kier alpha value is -2.02. The predicted molar refractivity (Wildman–Crippen MR) is 57.0 cm³/mol. The van der Waals surface area contributed by atoms with Crippen molar-refractivity contribution in [1.82, 2.24) is 0 Å². The summed E-state index contributed by atoms with van der Waals surface area (Å²) in [7, 11) is 0. The lowest BCUT2D eigenvalue weighted by Gasteiger charge is -1.90. The van der Waals surface area contributed by atoms with Crippen LogP contribution in [0.5, 0.6) is 0 Å². The SMILES string of the molecule is Cc1ccc(C)cc1.O=C=NCN=C=O. The highest BCUT2D eigenvalue weighted by Crippen LogP contribution is 1.99. The molecule has 0 N–H and O–H groups in total. The van der Waals surface area contributed by atoms with E-state index < -0.39 is 0 Å². The zero-order chi connectivity index (χ0) is 11.5. The van der Waals surface area contributed by atoms with Crippen molar-refractivity contribution in [3.05, 3.63) is 35.4 Å². The molecular weight excluding hydrogens is 192 g/mol. The Kier molecular flexibility index (Phi) is 7.42. The first-order valence-corrected chi connectivity index (χ1v) is 4.31. The zero-order valence-electron chi connectivity index (χ0n) is 8.73. The number of rotatable bonds is 2. The second-order valence-corrected chi connectivity index (χ2v) is 2.79. The van der Waals surface area contributed by atoms with Gasteiger partial charge in [-0.3, -0.25) is 0 Å². The average Bonchev–Trinajstić information content (AvgIpc) is 2.24. The largest absolute Gasteiger partial charge is 0.236 e. The van der Waals surface area contributed by atoms with Crippen LogP contribution in [0.4, 0.5) is 0 Å². The molecule has 0 aliphatic carbocycles. The van der Waals surface area contributed by atoms with E-state index in [1.165, 1.54) is 23.3 Å². The maximum absolute atomic E-state index is 9.20. The van der Waals surface area contributed by atoms with Crippen LogP contribution in [0.25, 0.3) is 0 Å². The van der Waals surface area contributed by atoms with Crippen molar-refractivity contribution in [3.8, 4) is 0 Å². The number of aliphatic imine (C=N–C) groups is 2. The summed E-state index contributed by atoms with van der Waals surface area (Å²) in [5.74, 6) is 0.